The molecule has 2 N–H and O–H groups in total. The van der Waals surface area contributed by atoms with Crippen LogP contribution in [-0.4, -0.2) is 18.8 Å². The number of benzene rings is 2. The summed E-state index contributed by atoms with van der Waals surface area (Å²) in [5, 5.41) is 0. The van der Waals surface area contributed by atoms with E-state index in [4.69, 9.17) is 15.2 Å². The molecule has 2 aromatic carbocycles. The van der Waals surface area contributed by atoms with Gasteiger partial charge in [-0.15, -0.1) is 0 Å². The second-order valence-corrected chi connectivity index (χ2v) is 5.38. The highest BCUT2D eigenvalue weighted by Crippen LogP contribution is 2.24. The van der Waals surface area contributed by atoms with Crippen LogP contribution in [0.4, 0.5) is 0 Å². The first-order chi connectivity index (χ1) is 10.7. The van der Waals surface area contributed by atoms with Gasteiger partial charge in [0, 0.05) is 12.0 Å². The highest BCUT2D eigenvalue weighted by molar-refractivity contribution is 5.93. The summed E-state index contributed by atoms with van der Waals surface area (Å²) in [6, 6.07) is 15.1. The highest BCUT2D eigenvalue weighted by atomic mass is 16.7. The number of rotatable bonds is 4. The fourth-order valence-electron chi connectivity index (χ4n) is 2.51. The van der Waals surface area contributed by atoms with E-state index in [2.05, 4.69) is 0 Å². The molecule has 4 heteroatoms. The third-order valence-corrected chi connectivity index (χ3v) is 3.76. The standard InChI is InChI=1S/C18H19NO3/c19-18(20)15-6-4-13(5-7-15)14-8-10-16(11-9-14)22-17-3-1-2-12-21-17/h4-11,17H,1-3,12H2,(H2,19,20). The van der Waals surface area contributed by atoms with Crippen LogP contribution in [0.5, 0.6) is 5.75 Å². The molecule has 1 atom stereocenters. The molecular formula is C18H19NO3. The smallest absolute Gasteiger partial charge is 0.248 e. The molecule has 0 saturated carbocycles. The van der Waals surface area contributed by atoms with E-state index in [-0.39, 0.29) is 6.29 Å². The summed E-state index contributed by atoms with van der Waals surface area (Å²) in [5.41, 5.74) is 7.85. The van der Waals surface area contributed by atoms with Crippen molar-refractivity contribution in [3.05, 3.63) is 54.1 Å². The Balaban J connectivity index is 1.69. The molecule has 114 valence electrons. The van der Waals surface area contributed by atoms with Crippen molar-refractivity contribution in [1.82, 2.24) is 0 Å². The normalized spacial score (nSPS) is 17.9. The van der Waals surface area contributed by atoms with Gasteiger partial charge in [0.05, 0.1) is 6.61 Å². The molecule has 1 fully saturated rings. The number of nitrogens with two attached hydrogens (primary N) is 1. The van der Waals surface area contributed by atoms with Crippen LogP contribution in [0, 0.1) is 0 Å². The largest absolute Gasteiger partial charge is 0.465 e. The number of hydrogen-bond donors (Lipinski definition) is 1. The Hall–Kier alpha value is -2.33. The average Bonchev–Trinajstić information content (AvgIpc) is 2.57. The van der Waals surface area contributed by atoms with Gasteiger partial charge in [0.25, 0.3) is 0 Å². The van der Waals surface area contributed by atoms with E-state index in [1.807, 2.05) is 36.4 Å². The molecule has 1 heterocycles. The predicted molar refractivity (Wildman–Crippen MR) is 84.6 cm³/mol. The second kappa shape index (κ2) is 6.62. The highest BCUT2D eigenvalue weighted by Gasteiger charge is 2.15. The van der Waals surface area contributed by atoms with Gasteiger partial charge in [0.15, 0.2) is 6.29 Å². The first kappa shape index (κ1) is 14.6. The zero-order valence-corrected chi connectivity index (χ0v) is 12.3. The molecule has 0 aliphatic carbocycles. The number of ether oxygens (including phenoxy) is 2. The van der Waals surface area contributed by atoms with Crippen molar-refractivity contribution in [3.8, 4) is 16.9 Å². The van der Waals surface area contributed by atoms with Crippen LogP contribution in [-0.2, 0) is 4.74 Å². The Morgan fingerprint density at radius 3 is 2.18 bits per heavy atom. The van der Waals surface area contributed by atoms with Crippen LogP contribution in [0.3, 0.4) is 0 Å². The van der Waals surface area contributed by atoms with Gasteiger partial charge >= 0.3 is 0 Å². The monoisotopic (exact) mass is 297 g/mol. The quantitative estimate of drug-likeness (QED) is 0.941. The minimum Gasteiger partial charge on any atom is -0.465 e. The SMILES string of the molecule is NC(=O)c1ccc(-c2ccc(OC3CCCCO3)cc2)cc1. The van der Waals surface area contributed by atoms with Gasteiger partial charge < -0.3 is 15.2 Å². The van der Waals surface area contributed by atoms with Crippen molar-refractivity contribution in [3.63, 3.8) is 0 Å². The van der Waals surface area contributed by atoms with Gasteiger partial charge in [0.2, 0.25) is 5.91 Å². The molecule has 1 saturated heterocycles. The third-order valence-electron chi connectivity index (χ3n) is 3.76. The lowest BCUT2D eigenvalue weighted by Gasteiger charge is -2.23. The third kappa shape index (κ3) is 3.46. The average molecular weight is 297 g/mol. The van der Waals surface area contributed by atoms with E-state index in [1.165, 1.54) is 0 Å². The maximum absolute atomic E-state index is 11.1. The maximum Gasteiger partial charge on any atom is 0.248 e. The first-order valence-corrected chi connectivity index (χ1v) is 7.51. The van der Waals surface area contributed by atoms with Crippen molar-refractivity contribution in [2.24, 2.45) is 5.73 Å². The number of carbonyl (C=O) groups is 1. The summed E-state index contributed by atoms with van der Waals surface area (Å²) < 4.78 is 11.4. The number of primary amides is 1. The summed E-state index contributed by atoms with van der Waals surface area (Å²) in [4.78, 5) is 11.1. The van der Waals surface area contributed by atoms with E-state index in [0.29, 0.717) is 5.56 Å². The number of carbonyl (C=O) groups excluding carboxylic acids is 1. The lowest BCUT2D eigenvalue weighted by molar-refractivity contribution is -0.105. The molecule has 3 rings (SSSR count). The molecule has 4 nitrogen and oxygen atoms in total. The Bertz CT molecular complexity index is 628. The van der Waals surface area contributed by atoms with Crippen molar-refractivity contribution >= 4 is 5.91 Å². The van der Waals surface area contributed by atoms with Gasteiger partial charge in [-0.25, -0.2) is 0 Å². The first-order valence-electron chi connectivity index (χ1n) is 7.51. The lowest BCUT2D eigenvalue weighted by Crippen LogP contribution is -2.24. The van der Waals surface area contributed by atoms with E-state index in [0.717, 1.165) is 42.7 Å². The van der Waals surface area contributed by atoms with Crippen molar-refractivity contribution in [2.75, 3.05) is 6.61 Å². The number of amides is 1. The molecule has 22 heavy (non-hydrogen) atoms. The zero-order valence-electron chi connectivity index (χ0n) is 12.3. The molecule has 0 aromatic heterocycles. The van der Waals surface area contributed by atoms with E-state index in [1.54, 1.807) is 12.1 Å². The summed E-state index contributed by atoms with van der Waals surface area (Å²) in [6.07, 6.45) is 3.07. The van der Waals surface area contributed by atoms with E-state index < -0.39 is 5.91 Å². The number of hydrogen-bond acceptors (Lipinski definition) is 3. The Morgan fingerprint density at radius 2 is 1.64 bits per heavy atom. The van der Waals surface area contributed by atoms with E-state index in [9.17, 15) is 4.79 Å². The van der Waals surface area contributed by atoms with Gasteiger partial charge in [-0.3, -0.25) is 4.79 Å². The van der Waals surface area contributed by atoms with Crippen LogP contribution in [0.1, 0.15) is 29.6 Å². The molecule has 0 bridgehead atoms. The molecule has 0 radical (unpaired) electrons. The Kier molecular flexibility index (Phi) is 4.39. The lowest BCUT2D eigenvalue weighted by atomic mass is 10.0. The molecule has 1 amide bonds. The topological polar surface area (TPSA) is 61.6 Å². The van der Waals surface area contributed by atoms with Crippen molar-refractivity contribution in [1.29, 1.82) is 0 Å². The molecule has 0 spiro atoms. The van der Waals surface area contributed by atoms with Gasteiger partial charge in [-0.2, -0.15) is 0 Å². The molecule has 1 aliphatic heterocycles. The van der Waals surface area contributed by atoms with Crippen molar-refractivity contribution in [2.45, 2.75) is 25.6 Å². The fraction of sp³-hybridized carbons (Fsp3) is 0.278. The summed E-state index contributed by atoms with van der Waals surface area (Å²) >= 11 is 0. The minimum atomic E-state index is -0.414. The van der Waals surface area contributed by atoms with Crippen LogP contribution in [0.15, 0.2) is 48.5 Å². The van der Waals surface area contributed by atoms with E-state index >= 15 is 0 Å². The predicted octanol–water partition coefficient (Wildman–Crippen LogP) is 3.36. The Morgan fingerprint density at radius 1 is 1.00 bits per heavy atom. The van der Waals surface area contributed by atoms with Crippen molar-refractivity contribution < 1.29 is 14.3 Å². The van der Waals surface area contributed by atoms with Gasteiger partial charge in [-0.05, 0) is 48.2 Å². The minimum absolute atomic E-state index is 0.130. The molecule has 1 aliphatic rings. The van der Waals surface area contributed by atoms with Crippen LogP contribution in [0.25, 0.3) is 11.1 Å². The molecule has 2 aromatic rings. The fourth-order valence-corrected chi connectivity index (χ4v) is 2.51. The Labute approximate surface area is 129 Å². The van der Waals surface area contributed by atoms with Crippen LogP contribution >= 0.6 is 0 Å². The summed E-state index contributed by atoms with van der Waals surface area (Å²) in [5.74, 6) is 0.396. The van der Waals surface area contributed by atoms with Crippen LogP contribution in [0.2, 0.25) is 0 Å². The second-order valence-electron chi connectivity index (χ2n) is 5.38. The summed E-state index contributed by atoms with van der Waals surface area (Å²) in [6.45, 7) is 0.773. The summed E-state index contributed by atoms with van der Waals surface area (Å²) in [7, 11) is 0. The molecular weight excluding hydrogens is 278 g/mol. The molecule has 1 unspecified atom stereocenters. The van der Waals surface area contributed by atoms with Crippen LogP contribution < -0.4 is 10.5 Å². The zero-order chi connectivity index (χ0) is 15.4. The van der Waals surface area contributed by atoms with Gasteiger partial charge in [0.1, 0.15) is 5.75 Å². The van der Waals surface area contributed by atoms with Gasteiger partial charge in [-0.1, -0.05) is 24.3 Å². The maximum atomic E-state index is 11.1.